The average molecular weight is 318 g/mol. The van der Waals surface area contributed by atoms with Crippen LogP contribution in [0.25, 0.3) is 0 Å². The highest BCUT2D eigenvalue weighted by atomic mass is 16.5. The van der Waals surface area contributed by atoms with E-state index in [2.05, 4.69) is 4.90 Å². The zero-order chi connectivity index (χ0) is 16.3. The van der Waals surface area contributed by atoms with E-state index in [4.69, 9.17) is 9.84 Å². The van der Waals surface area contributed by atoms with E-state index in [9.17, 15) is 4.79 Å². The smallest absolute Gasteiger partial charge is 0.223 e. The highest BCUT2D eigenvalue weighted by Gasteiger charge is 2.44. The number of carbonyl (C=O) groups excluding carboxylic acids is 1. The van der Waals surface area contributed by atoms with Crippen LogP contribution in [-0.4, -0.2) is 60.7 Å². The number of nitrogens with zero attached hydrogens (tertiary/aromatic N) is 2. The van der Waals surface area contributed by atoms with E-state index in [1.807, 2.05) is 29.2 Å². The Kier molecular flexibility index (Phi) is 4.87. The molecule has 126 valence electrons. The van der Waals surface area contributed by atoms with Crippen LogP contribution in [0.4, 0.5) is 0 Å². The first-order chi connectivity index (χ1) is 11.1. The fourth-order valence-corrected chi connectivity index (χ4v) is 3.84. The van der Waals surface area contributed by atoms with Gasteiger partial charge in [-0.05, 0) is 49.0 Å². The van der Waals surface area contributed by atoms with Crippen molar-refractivity contribution in [3.05, 3.63) is 29.8 Å². The molecule has 2 aliphatic rings. The largest absolute Gasteiger partial charge is 0.497 e. The van der Waals surface area contributed by atoms with Crippen LogP contribution in [0, 0.1) is 5.41 Å². The molecule has 0 unspecified atom stereocenters. The number of hydrogen-bond acceptors (Lipinski definition) is 4. The molecule has 2 fully saturated rings. The van der Waals surface area contributed by atoms with Gasteiger partial charge in [-0.25, -0.2) is 0 Å². The van der Waals surface area contributed by atoms with Crippen molar-refractivity contribution in [2.45, 2.75) is 25.8 Å². The van der Waals surface area contributed by atoms with Crippen molar-refractivity contribution in [2.24, 2.45) is 5.41 Å². The Morgan fingerprint density at radius 1 is 1.30 bits per heavy atom. The second kappa shape index (κ2) is 6.89. The van der Waals surface area contributed by atoms with Crippen LogP contribution < -0.4 is 4.74 Å². The minimum atomic E-state index is 0.141. The lowest BCUT2D eigenvalue weighted by atomic mass is 9.77. The molecule has 1 aromatic carbocycles. The molecule has 1 aromatic rings. The van der Waals surface area contributed by atoms with E-state index in [1.165, 1.54) is 0 Å². The molecule has 2 aliphatic heterocycles. The number of rotatable bonds is 5. The highest BCUT2D eigenvalue weighted by molar-refractivity contribution is 5.79. The van der Waals surface area contributed by atoms with Crippen molar-refractivity contribution in [1.29, 1.82) is 0 Å². The lowest BCUT2D eigenvalue weighted by Crippen LogP contribution is -2.42. The molecule has 0 aromatic heterocycles. The van der Waals surface area contributed by atoms with Crippen LogP contribution in [-0.2, 0) is 11.3 Å². The first-order valence-corrected chi connectivity index (χ1v) is 8.38. The Morgan fingerprint density at radius 2 is 2.09 bits per heavy atom. The van der Waals surface area contributed by atoms with Gasteiger partial charge in [-0.1, -0.05) is 12.1 Å². The van der Waals surface area contributed by atoms with Crippen LogP contribution in [0.2, 0.25) is 0 Å². The molecule has 0 bridgehead atoms. The third kappa shape index (κ3) is 3.67. The molecule has 0 saturated carbocycles. The maximum absolute atomic E-state index is 12.5. The number of carbonyl (C=O) groups is 1. The van der Waals surface area contributed by atoms with Gasteiger partial charge < -0.3 is 19.6 Å². The molecule has 2 heterocycles. The summed E-state index contributed by atoms with van der Waals surface area (Å²) < 4.78 is 5.26. The zero-order valence-corrected chi connectivity index (χ0v) is 13.8. The first kappa shape index (κ1) is 16.3. The van der Waals surface area contributed by atoms with Crippen LogP contribution in [0.15, 0.2) is 24.3 Å². The van der Waals surface area contributed by atoms with Crippen molar-refractivity contribution in [3.8, 4) is 5.75 Å². The Hall–Kier alpha value is -1.59. The molecule has 1 N–H and O–H groups in total. The molecular formula is C18H26N2O3. The number of aliphatic hydroxyl groups excluding tert-OH is 1. The minimum Gasteiger partial charge on any atom is -0.497 e. The lowest BCUT2D eigenvalue weighted by molar-refractivity contribution is -0.128. The predicted molar refractivity (Wildman–Crippen MR) is 88.2 cm³/mol. The van der Waals surface area contributed by atoms with Gasteiger partial charge in [-0.3, -0.25) is 4.79 Å². The fourth-order valence-electron chi connectivity index (χ4n) is 3.84. The van der Waals surface area contributed by atoms with Gasteiger partial charge >= 0.3 is 0 Å². The molecule has 1 spiro atoms. The number of likely N-dealkylation sites (tertiary alicyclic amines) is 2. The SMILES string of the molecule is COc1cccc(CN2CC3(CCN(CCO)CC3)CC2=O)c1. The summed E-state index contributed by atoms with van der Waals surface area (Å²) >= 11 is 0. The fraction of sp³-hybridized carbons (Fsp3) is 0.611. The summed E-state index contributed by atoms with van der Waals surface area (Å²) in [5, 5.41) is 9.05. The second-order valence-corrected chi connectivity index (χ2v) is 6.84. The summed E-state index contributed by atoms with van der Waals surface area (Å²) in [5.41, 5.74) is 1.26. The van der Waals surface area contributed by atoms with Crippen LogP contribution >= 0.6 is 0 Å². The van der Waals surface area contributed by atoms with Crippen LogP contribution in [0.5, 0.6) is 5.75 Å². The summed E-state index contributed by atoms with van der Waals surface area (Å²) in [6.07, 6.45) is 2.77. The Balaban J connectivity index is 1.61. The van der Waals surface area contributed by atoms with Gasteiger partial charge in [0.1, 0.15) is 5.75 Å². The molecule has 5 nitrogen and oxygen atoms in total. The van der Waals surface area contributed by atoms with E-state index in [0.29, 0.717) is 13.0 Å². The quantitative estimate of drug-likeness (QED) is 0.894. The van der Waals surface area contributed by atoms with Gasteiger partial charge in [0.2, 0.25) is 5.91 Å². The van der Waals surface area contributed by atoms with E-state index < -0.39 is 0 Å². The van der Waals surface area contributed by atoms with Gasteiger partial charge in [0.05, 0.1) is 13.7 Å². The number of amides is 1. The summed E-state index contributed by atoms with van der Waals surface area (Å²) in [7, 11) is 1.66. The molecule has 3 rings (SSSR count). The van der Waals surface area contributed by atoms with Gasteiger partial charge in [0.25, 0.3) is 0 Å². The summed E-state index contributed by atoms with van der Waals surface area (Å²) in [5.74, 6) is 1.10. The summed E-state index contributed by atoms with van der Waals surface area (Å²) in [4.78, 5) is 16.7. The monoisotopic (exact) mass is 318 g/mol. The molecule has 2 saturated heterocycles. The third-order valence-electron chi connectivity index (χ3n) is 5.25. The molecular weight excluding hydrogens is 292 g/mol. The molecule has 5 heteroatoms. The van der Waals surface area contributed by atoms with E-state index in [-0.39, 0.29) is 17.9 Å². The number of methoxy groups -OCH3 is 1. The van der Waals surface area contributed by atoms with Crippen molar-refractivity contribution in [1.82, 2.24) is 9.80 Å². The van der Waals surface area contributed by atoms with Crippen LogP contribution in [0.3, 0.4) is 0 Å². The van der Waals surface area contributed by atoms with Crippen molar-refractivity contribution >= 4 is 5.91 Å². The number of ether oxygens (including phenoxy) is 1. The Labute approximate surface area is 137 Å². The van der Waals surface area contributed by atoms with Crippen molar-refractivity contribution < 1.29 is 14.6 Å². The maximum atomic E-state index is 12.5. The number of piperidine rings is 1. The molecule has 0 atom stereocenters. The topological polar surface area (TPSA) is 53.0 Å². The second-order valence-electron chi connectivity index (χ2n) is 6.84. The van der Waals surface area contributed by atoms with Gasteiger partial charge in [-0.2, -0.15) is 0 Å². The lowest BCUT2D eigenvalue weighted by Gasteiger charge is -2.38. The third-order valence-corrected chi connectivity index (χ3v) is 5.25. The zero-order valence-electron chi connectivity index (χ0n) is 13.8. The summed E-state index contributed by atoms with van der Waals surface area (Å²) in [6, 6.07) is 7.94. The van der Waals surface area contributed by atoms with Gasteiger partial charge in [-0.15, -0.1) is 0 Å². The number of β-amino-alcohol motifs (C(OH)–C–C–N with tert-alkyl or cyclic N) is 1. The number of hydrogen-bond donors (Lipinski definition) is 1. The molecule has 0 aliphatic carbocycles. The van der Waals surface area contributed by atoms with E-state index in [1.54, 1.807) is 7.11 Å². The predicted octanol–water partition coefficient (Wildman–Crippen LogP) is 1.50. The van der Waals surface area contributed by atoms with Crippen molar-refractivity contribution in [2.75, 3.05) is 39.9 Å². The highest BCUT2D eigenvalue weighted by Crippen LogP contribution is 2.41. The average Bonchev–Trinajstić information content (AvgIpc) is 2.86. The first-order valence-electron chi connectivity index (χ1n) is 8.38. The number of aliphatic hydroxyl groups is 1. The van der Waals surface area contributed by atoms with Crippen LogP contribution in [0.1, 0.15) is 24.8 Å². The maximum Gasteiger partial charge on any atom is 0.223 e. The minimum absolute atomic E-state index is 0.141. The van der Waals surface area contributed by atoms with Gasteiger partial charge in [0.15, 0.2) is 0 Å². The standard InChI is InChI=1S/C18H26N2O3/c1-23-16-4-2-3-15(11-16)13-20-14-18(12-17(20)22)5-7-19(8-6-18)9-10-21/h2-4,11,21H,5-10,12-14H2,1H3. The van der Waals surface area contributed by atoms with E-state index in [0.717, 1.165) is 50.3 Å². The molecule has 23 heavy (non-hydrogen) atoms. The van der Waals surface area contributed by atoms with Crippen molar-refractivity contribution in [3.63, 3.8) is 0 Å². The Bertz CT molecular complexity index is 553. The normalized spacial score (nSPS) is 21.1. The summed E-state index contributed by atoms with van der Waals surface area (Å²) in [6.45, 7) is 4.46. The molecule has 0 radical (unpaired) electrons. The number of benzene rings is 1. The van der Waals surface area contributed by atoms with E-state index >= 15 is 0 Å². The van der Waals surface area contributed by atoms with Gasteiger partial charge in [0, 0.05) is 26.1 Å². The molecule has 1 amide bonds. The Morgan fingerprint density at radius 3 is 2.78 bits per heavy atom.